The van der Waals surface area contributed by atoms with Gasteiger partial charge in [-0.2, -0.15) is 0 Å². The van der Waals surface area contributed by atoms with Gasteiger partial charge in [-0.15, -0.1) is 0 Å². The van der Waals surface area contributed by atoms with Crippen molar-refractivity contribution in [3.8, 4) is 0 Å². The molecule has 1 aliphatic heterocycles. The lowest BCUT2D eigenvalue weighted by Gasteiger charge is -2.34. The molecule has 0 N–H and O–H groups in total. The quantitative estimate of drug-likeness (QED) is 0.377. The fourth-order valence-corrected chi connectivity index (χ4v) is 5.66. The predicted octanol–water partition coefficient (Wildman–Crippen LogP) is 3.48. The summed E-state index contributed by atoms with van der Waals surface area (Å²) in [7, 11) is -2.52. The van der Waals surface area contributed by atoms with E-state index in [9.17, 15) is 0 Å². The Kier molecular flexibility index (Phi) is 11.3. The molecule has 0 aliphatic carbocycles. The molecule has 1 radical (unpaired) electrons. The van der Waals surface area contributed by atoms with Crippen LogP contribution in [-0.2, 0) is 18.0 Å². The van der Waals surface area contributed by atoms with Gasteiger partial charge in [0.2, 0.25) is 0 Å². The number of rotatable bonds is 13. The van der Waals surface area contributed by atoms with Crippen molar-refractivity contribution in [1.82, 2.24) is 4.90 Å². The van der Waals surface area contributed by atoms with E-state index in [0.29, 0.717) is 26.4 Å². The van der Waals surface area contributed by atoms with E-state index in [1.165, 1.54) is 19.3 Å². The number of nitrogens with zero attached hydrogens (tertiary/aromatic N) is 1. The van der Waals surface area contributed by atoms with Crippen LogP contribution < -0.4 is 0 Å². The molecule has 0 spiro atoms. The topological polar surface area (TPSA) is 40.2 Å². The van der Waals surface area contributed by atoms with Crippen LogP contribution in [0.4, 0.5) is 0 Å². The lowest BCUT2D eigenvalue weighted by atomic mass is 10.1. The zero-order chi connectivity index (χ0) is 17.0. The molecular weight excluding hydrogens is 310 g/mol. The van der Waals surface area contributed by atoms with Crippen LogP contribution in [0, 0.1) is 6.42 Å². The van der Waals surface area contributed by atoms with E-state index in [1.54, 1.807) is 0 Å². The number of piperidine rings is 1. The molecule has 0 aromatic heterocycles. The highest BCUT2D eigenvalue weighted by Crippen LogP contribution is 2.19. The fourth-order valence-electron chi connectivity index (χ4n) is 3.08. The summed E-state index contributed by atoms with van der Waals surface area (Å²) in [5, 5.41) is 0. The third-order valence-corrected chi connectivity index (χ3v) is 7.20. The Labute approximate surface area is 144 Å². The summed E-state index contributed by atoms with van der Waals surface area (Å²) in [5.74, 6) is 0. The molecular formula is C17H36NO4Si. The summed E-state index contributed by atoms with van der Waals surface area (Å²) in [6.07, 6.45) is 7.11. The third-order valence-electron chi connectivity index (χ3n) is 4.04. The molecule has 137 valence electrons. The largest absolute Gasteiger partial charge is 0.501 e. The van der Waals surface area contributed by atoms with Crippen LogP contribution in [0.25, 0.3) is 0 Å². The van der Waals surface area contributed by atoms with Crippen LogP contribution in [-0.4, -0.2) is 59.4 Å². The zero-order valence-electron chi connectivity index (χ0n) is 15.5. The summed E-state index contributed by atoms with van der Waals surface area (Å²) in [4.78, 5) is 2.43. The SMILES string of the molecule is C[CH]C(OCCC[Si](OCC)(OCC)OCC)N1CCCCC1. The molecule has 0 aromatic carbocycles. The highest BCUT2D eigenvalue weighted by Gasteiger charge is 2.39. The van der Waals surface area contributed by atoms with Crippen LogP contribution >= 0.6 is 0 Å². The minimum Gasteiger partial charge on any atom is -0.374 e. The number of hydrogen-bond acceptors (Lipinski definition) is 5. The van der Waals surface area contributed by atoms with Crippen LogP contribution in [0.1, 0.15) is 53.4 Å². The van der Waals surface area contributed by atoms with Crippen molar-refractivity contribution in [2.24, 2.45) is 0 Å². The second-order valence-corrected chi connectivity index (χ2v) is 8.51. The van der Waals surface area contributed by atoms with E-state index < -0.39 is 8.80 Å². The highest BCUT2D eigenvalue weighted by molar-refractivity contribution is 6.60. The predicted molar refractivity (Wildman–Crippen MR) is 95.2 cm³/mol. The lowest BCUT2D eigenvalue weighted by Crippen LogP contribution is -2.46. The molecule has 1 aliphatic rings. The zero-order valence-corrected chi connectivity index (χ0v) is 16.5. The van der Waals surface area contributed by atoms with Crippen molar-refractivity contribution in [1.29, 1.82) is 0 Å². The first-order valence-electron chi connectivity index (χ1n) is 9.28. The van der Waals surface area contributed by atoms with Gasteiger partial charge in [0.1, 0.15) is 6.23 Å². The van der Waals surface area contributed by atoms with E-state index in [4.69, 9.17) is 18.0 Å². The Morgan fingerprint density at radius 3 is 2.00 bits per heavy atom. The average Bonchev–Trinajstić information content (AvgIpc) is 2.56. The van der Waals surface area contributed by atoms with Gasteiger partial charge in [0.25, 0.3) is 0 Å². The molecule has 1 heterocycles. The van der Waals surface area contributed by atoms with Gasteiger partial charge in [-0.1, -0.05) is 13.3 Å². The molecule has 0 amide bonds. The van der Waals surface area contributed by atoms with E-state index in [-0.39, 0.29) is 6.23 Å². The maximum absolute atomic E-state index is 6.09. The van der Waals surface area contributed by atoms with Crippen molar-refractivity contribution in [2.45, 2.75) is 65.7 Å². The molecule has 1 rings (SSSR count). The van der Waals surface area contributed by atoms with Crippen LogP contribution in [0.5, 0.6) is 0 Å². The van der Waals surface area contributed by atoms with Gasteiger partial charge in [-0.3, -0.25) is 4.90 Å². The molecule has 1 unspecified atom stereocenters. The van der Waals surface area contributed by atoms with Gasteiger partial charge >= 0.3 is 8.80 Å². The van der Waals surface area contributed by atoms with Gasteiger partial charge in [0, 0.05) is 52.0 Å². The Hall–Kier alpha value is 0.0169. The van der Waals surface area contributed by atoms with Crippen molar-refractivity contribution in [2.75, 3.05) is 39.5 Å². The molecule has 0 aromatic rings. The Morgan fingerprint density at radius 1 is 0.957 bits per heavy atom. The highest BCUT2D eigenvalue weighted by atomic mass is 28.4. The summed E-state index contributed by atoms with van der Waals surface area (Å²) >= 11 is 0. The number of hydrogen-bond donors (Lipinski definition) is 0. The van der Waals surface area contributed by atoms with Crippen molar-refractivity contribution in [3.05, 3.63) is 6.42 Å². The van der Waals surface area contributed by atoms with E-state index in [0.717, 1.165) is 25.6 Å². The maximum Gasteiger partial charge on any atom is 0.501 e. The monoisotopic (exact) mass is 346 g/mol. The summed E-state index contributed by atoms with van der Waals surface area (Å²) < 4.78 is 23.7. The fraction of sp³-hybridized carbons (Fsp3) is 0.941. The minimum atomic E-state index is -2.52. The molecule has 5 nitrogen and oxygen atoms in total. The van der Waals surface area contributed by atoms with Gasteiger partial charge in [0.05, 0.1) is 0 Å². The average molecular weight is 347 g/mol. The first-order valence-corrected chi connectivity index (χ1v) is 11.2. The molecule has 0 saturated carbocycles. The summed E-state index contributed by atoms with van der Waals surface area (Å²) in [5.41, 5.74) is 0. The van der Waals surface area contributed by atoms with E-state index >= 15 is 0 Å². The lowest BCUT2D eigenvalue weighted by molar-refractivity contribution is -0.0467. The number of ether oxygens (including phenoxy) is 1. The van der Waals surface area contributed by atoms with E-state index in [2.05, 4.69) is 18.2 Å². The Morgan fingerprint density at radius 2 is 1.52 bits per heavy atom. The Balaban J connectivity index is 2.38. The van der Waals surface area contributed by atoms with Gasteiger partial charge in [-0.25, -0.2) is 0 Å². The van der Waals surface area contributed by atoms with Gasteiger partial charge < -0.3 is 18.0 Å². The van der Waals surface area contributed by atoms with Gasteiger partial charge in [0.15, 0.2) is 0 Å². The normalized spacial score (nSPS) is 18.3. The standard InChI is InChI=1S/C17H36NO4Si/c1-5-17(18-13-10-9-11-14-18)19-15-12-16-23(20-6-2,21-7-3)22-8-4/h5,17H,6-16H2,1-4H3. The summed E-state index contributed by atoms with van der Waals surface area (Å²) in [6.45, 7) is 13.0. The van der Waals surface area contributed by atoms with Crippen LogP contribution in [0.15, 0.2) is 0 Å². The van der Waals surface area contributed by atoms with E-state index in [1.807, 2.05) is 20.8 Å². The Bertz CT molecular complexity index is 271. The third kappa shape index (κ3) is 7.62. The van der Waals surface area contributed by atoms with Gasteiger partial charge in [-0.05, 0) is 40.0 Å². The number of likely N-dealkylation sites (tertiary alicyclic amines) is 1. The second-order valence-electron chi connectivity index (χ2n) is 5.78. The summed E-state index contributed by atoms with van der Waals surface area (Å²) in [6, 6.07) is 0.818. The molecule has 6 heteroatoms. The minimum absolute atomic E-state index is 0.137. The molecule has 23 heavy (non-hydrogen) atoms. The van der Waals surface area contributed by atoms with Crippen molar-refractivity contribution >= 4 is 8.80 Å². The van der Waals surface area contributed by atoms with Crippen LogP contribution in [0.2, 0.25) is 6.04 Å². The smallest absolute Gasteiger partial charge is 0.374 e. The second kappa shape index (κ2) is 12.4. The molecule has 1 atom stereocenters. The first-order chi connectivity index (χ1) is 11.2. The first kappa shape index (κ1) is 21.1. The van der Waals surface area contributed by atoms with Crippen LogP contribution in [0.3, 0.4) is 0 Å². The van der Waals surface area contributed by atoms with Crippen molar-refractivity contribution < 1.29 is 18.0 Å². The maximum atomic E-state index is 6.09. The molecule has 0 bridgehead atoms. The molecule has 1 saturated heterocycles. The van der Waals surface area contributed by atoms with Crippen molar-refractivity contribution in [3.63, 3.8) is 0 Å². The molecule has 1 fully saturated rings.